The first kappa shape index (κ1) is 25.8. The molecule has 3 aromatic rings. The zero-order valence-electron chi connectivity index (χ0n) is 18.1. The number of carboxylic acids is 1. The molecule has 3 rings (SSSR count). The summed E-state index contributed by atoms with van der Waals surface area (Å²) >= 11 is 6.00. The van der Waals surface area contributed by atoms with Crippen molar-refractivity contribution in [2.24, 2.45) is 7.05 Å². The standard InChI is InChI=1S/C22H17ClF4N2O6/c1-11(20(31)32)35-13-5-3-12(4-6-13)10-34-17-8-16(15(24)7-14(17)23)29-19(30)9-18(22(25,26)27)28(2)21(29)33/h3-9,11H,10H2,1-2H3,(H,31,32). The Kier molecular flexibility index (Phi) is 7.25. The van der Waals surface area contributed by atoms with Gasteiger partial charge in [0.05, 0.1) is 10.7 Å². The molecule has 0 amide bonds. The normalized spacial score (nSPS) is 12.3. The molecule has 0 saturated carbocycles. The summed E-state index contributed by atoms with van der Waals surface area (Å²) in [4.78, 5) is 35.6. The minimum absolute atomic E-state index is 0.112. The molecule has 35 heavy (non-hydrogen) atoms. The molecule has 1 aromatic heterocycles. The maximum atomic E-state index is 14.6. The zero-order chi connectivity index (χ0) is 26.1. The van der Waals surface area contributed by atoms with E-state index in [4.69, 9.17) is 26.2 Å². The second-order valence-electron chi connectivity index (χ2n) is 7.31. The van der Waals surface area contributed by atoms with Crippen molar-refractivity contribution in [2.75, 3.05) is 0 Å². The number of hydrogen-bond acceptors (Lipinski definition) is 5. The Morgan fingerprint density at radius 2 is 1.77 bits per heavy atom. The van der Waals surface area contributed by atoms with Gasteiger partial charge in [-0.05, 0) is 30.7 Å². The molecule has 0 aliphatic heterocycles. The Labute approximate surface area is 199 Å². The molecule has 1 N–H and O–H groups in total. The summed E-state index contributed by atoms with van der Waals surface area (Å²) in [5.74, 6) is -2.11. The van der Waals surface area contributed by atoms with E-state index in [0.717, 1.165) is 19.2 Å². The third-order valence-corrected chi connectivity index (χ3v) is 5.13. The lowest BCUT2D eigenvalue weighted by Crippen LogP contribution is -2.41. The van der Waals surface area contributed by atoms with Crippen LogP contribution in [0.25, 0.3) is 5.69 Å². The first-order chi connectivity index (χ1) is 16.3. The number of halogens is 5. The maximum Gasteiger partial charge on any atom is 0.431 e. The Morgan fingerprint density at radius 1 is 1.14 bits per heavy atom. The fourth-order valence-electron chi connectivity index (χ4n) is 3.00. The minimum Gasteiger partial charge on any atom is -0.487 e. The van der Waals surface area contributed by atoms with Gasteiger partial charge < -0.3 is 14.6 Å². The first-order valence-corrected chi connectivity index (χ1v) is 10.2. The number of nitrogens with zero attached hydrogens (tertiary/aromatic N) is 2. The van der Waals surface area contributed by atoms with Crippen LogP contribution in [0.15, 0.2) is 52.1 Å². The molecule has 0 radical (unpaired) electrons. The summed E-state index contributed by atoms with van der Waals surface area (Å²) in [5, 5.41) is 8.67. The monoisotopic (exact) mass is 516 g/mol. The smallest absolute Gasteiger partial charge is 0.431 e. The molecule has 0 saturated heterocycles. The SMILES string of the molecule is CC(Oc1ccc(COc2cc(-n3c(=O)cc(C(F)(F)F)n(C)c3=O)c(F)cc2Cl)cc1)C(=O)O. The largest absolute Gasteiger partial charge is 0.487 e. The molecule has 186 valence electrons. The van der Waals surface area contributed by atoms with Crippen LogP contribution in [0.2, 0.25) is 5.02 Å². The van der Waals surface area contributed by atoms with Crippen molar-refractivity contribution in [1.82, 2.24) is 9.13 Å². The predicted octanol–water partition coefficient (Wildman–Crippen LogP) is 3.78. The molecule has 0 spiro atoms. The highest BCUT2D eigenvalue weighted by Crippen LogP contribution is 2.31. The van der Waals surface area contributed by atoms with Crippen LogP contribution in [0.5, 0.6) is 11.5 Å². The van der Waals surface area contributed by atoms with Gasteiger partial charge in [0, 0.05) is 19.2 Å². The van der Waals surface area contributed by atoms with E-state index in [1.54, 1.807) is 12.1 Å². The molecule has 0 aliphatic rings. The number of alkyl halides is 3. The predicted molar refractivity (Wildman–Crippen MR) is 116 cm³/mol. The highest BCUT2D eigenvalue weighted by atomic mass is 35.5. The number of ether oxygens (including phenoxy) is 2. The summed E-state index contributed by atoms with van der Waals surface area (Å²) in [7, 11) is 0.802. The van der Waals surface area contributed by atoms with Gasteiger partial charge >= 0.3 is 17.8 Å². The summed E-state index contributed by atoms with van der Waals surface area (Å²) < 4.78 is 65.0. The number of aromatic nitrogens is 2. The molecule has 0 aliphatic carbocycles. The quantitative estimate of drug-likeness (QED) is 0.480. The minimum atomic E-state index is -4.97. The average Bonchev–Trinajstić information content (AvgIpc) is 2.77. The number of benzene rings is 2. The number of hydrogen-bond donors (Lipinski definition) is 1. The van der Waals surface area contributed by atoms with E-state index in [0.29, 0.717) is 11.3 Å². The van der Waals surface area contributed by atoms with Crippen LogP contribution < -0.4 is 20.7 Å². The molecule has 0 bridgehead atoms. The van der Waals surface area contributed by atoms with E-state index in [1.165, 1.54) is 19.1 Å². The number of carboxylic acid groups (broad SMARTS) is 1. The highest BCUT2D eigenvalue weighted by molar-refractivity contribution is 6.32. The van der Waals surface area contributed by atoms with Gasteiger partial charge in [-0.15, -0.1) is 0 Å². The first-order valence-electron chi connectivity index (χ1n) is 9.80. The Hall–Kier alpha value is -3.80. The lowest BCUT2D eigenvalue weighted by molar-refractivity contribution is -0.144. The highest BCUT2D eigenvalue weighted by Gasteiger charge is 2.35. The second kappa shape index (κ2) is 9.82. The van der Waals surface area contributed by atoms with Crippen LogP contribution >= 0.6 is 11.6 Å². The number of rotatable bonds is 7. The fraction of sp³-hybridized carbons (Fsp3) is 0.227. The van der Waals surface area contributed by atoms with Crippen molar-refractivity contribution in [3.63, 3.8) is 0 Å². The van der Waals surface area contributed by atoms with Crippen molar-refractivity contribution >= 4 is 17.6 Å². The molecule has 8 nitrogen and oxygen atoms in total. The number of aliphatic carboxylic acids is 1. The van der Waals surface area contributed by atoms with Crippen molar-refractivity contribution < 1.29 is 36.9 Å². The van der Waals surface area contributed by atoms with Crippen LogP contribution in [-0.4, -0.2) is 26.3 Å². The van der Waals surface area contributed by atoms with E-state index in [1.807, 2.05) is 0 Å². The molecule has 2 aromatic carbocycles. The molecule has 1 unspecified atom stereocenters. The summed E-state index contributed by atoms with van der Waals surface area (Å²) in [6, 6.07) is 8.02. The van der Waals surface area contributed by atoms with E-state index < -0.39 is 46.7 Å². The second-order valence-corrected chi connectivity index (χ2v) is 7.71. The zero-order valence-corrected chi connectivity index (χ0v) is 18.9. The Balaban J connectivity index is 1.90. The maximum absolute atomic E-state index is 14.6. The lowest BCUT2D eigenvalue weighted by atomic mass is 10.2. The Morgan fingerprint density at radius 3 is 2.34 bits per heavy atom. The van der Waals surface area contributed by atoms with Crippen LogP contribution in [0.4, 0.5) is 17.6 Å². The Bertz CT molecular complexity index is 1380. The van der Waals surface area contributed by atoms with Crippen molar-refractivity contribution in [2.45, 2.75) is 25.8 Å². The summed E-state index contributed by atoms with van der Waals surface area (Å²) in [6.45, 7) is 1.25. The summed E-state index contributed by atoms with van der Waals surface area (Å²) in [6.07, 6.45) is -6.03. The van der Waals surface area contributed by atoms with E-state index >= 15 is 0 Å². The van der Waals surface area contributed by atoms with Gasteiger partial charge in [-0.25, -0.2) is 18.5 Å². The molecule has 1 atom stereocenters. The average molecular weight is 517 g/mol. The van der Waals surface area contributed by atoms with Gasteiger partial charge in [-0.2, -0.15) is 13.2 Å². The van der Waals surface area contributed by atoms with Crippen molar-refractivity contribution in [3.05, 3.63) is 85.4 Å². The molecule has 13 heteroatoms. The fourth-order valence-corrected chi connectivity index (χ4v) is 3.20. The van der Waals surface area contributed by atoms with Gasteiger partial charge in [0.15, 0.2) is 6.10 Å². The van der Waals surface area contributed by atoms with E-state index in [-0.39, 0.29) is 32.6 Å². The van der Waals surface area contributed by atoms with Crippen LogP contribution in [0, 0.1) is 5.82 Å². The van der Waals surface area contributed by atoms with Gasteiger partial charge in [-0.1, -0.05) is 23.7 Å². The van der Waals surface area contributed by atoms with Crippen LogP contribution in [0.3, 0.4) is 0 Å². The number of carbonyl (C=O) groups is 1. The third-order valence-electron chi connectivity index (χ3n) is 4.83. The van der Waals surface area contributed by atoms with Gasteiger partial charge in [0.2, 0.25) is 0 Å². The van der Waals surface area contributed by atoms with Crippen molar-refractivity contribution in [1.29, 1.82) is 0 Å². The molecular formula is C22H17ClF4N2O6. The topological polar surface area (TPSA) is 99.8 Å². The lowest BCUT2D eigenvalue weighted by Gasteiger charge is -2.16. The van der Waals surface area contributed by atoms with Gasteiger partial charge in [0.25, 0.3) is 5.56 Å². The van der Waals surface area contributed by atoms with Crippen LogP contribution in [0.1, 0.15) is 18.2 Å². The van der Waals surface area contributed by atoms with E-state index in [9.17, 15) is 31.9 Å². The molecule has 1 heterocycles. The molecular weight excluding hydrogens is 500 g/mol. The van der Waals surface area contributed by atoms with Crippen LogP contribution in [-0.2, 0) is 24.6 Å². The third kappa shape index (κ3) is 5.65. The van der Waals surface area contributed by atoms with Gasteiger partial charge in [0.1, 0.15) is 29.6 Å². The van der Waals surface area contributed by atoms with Crippen molar-refractivity contribution in [3.8, 4) is 17.2 Å². The van der Waals surface area contributed by atoms with Gasteiger partial charge in [-0.3, -0.25) is 9.36 Å². The summed E-state index contributed by atoms with van der Waals surface area (Å²) in [5.41, 5.74) is -4.36. The molecule has 0 fully saturated rings. The van der Waals surface area contributed by atoms with E-state index in [2.05, 4.69) is 0 Å².